The van der Waals surface area contributed by atoms with Crippen molar-refractivity contribution in [2.24, 2.45) is 0 Å². The summed E-state index contributed by atoms with van der Waals surface area (Å²) in [6.45, 7) is 0.318. The second-order valence-electron chi connectivity index (χ2n) is 5.46. The lowest BCUT2D eigenvalue weighted by Crippen LogP contribution is -2.48. The Hall–Kier alpha value is -1.55. The topological polar surface area (TPSA) is 49.8 Å². The number of hydrogen-bond acceptors (Lipinski definition) is 3. The number of hydrogen-bond donors (Lipinski definition) is 1. The summed E-state index contributed by atoms with van der Waals surface area (Å²) in [5.74, 6) is 0. The van der Waals surface area contributed by atoms with E-state index >= 15 is 0 Å². The minimum Gasteiger partial charge on any atom is -0.445 e. The molecule has 2 atom stereocenters. The molecule has 3 rings (SSSR count). The first-order valence-electron chi connectivity index (χ1n) is 6.91. The number of nitrogens with zero attached hydrogens (tertiary/aromatic N) is 1. The number of rotatable bonds is 2. The summed E-state index contributed by atoms with van der Waals surface area (Å²) >= 11 is 0. The van der Waals surface area contributed by atoms with Gasteiger partial charge in [-0.05, 0) is 31.2 Å². The number of carbonyl (C=O) groups is 1. The normalized spacial score (nSPS) is 29.3. The second-order valence-corrected chi connectivity index (χ2v) is 5.46. The van der Waals surface area contributed by atoms with E-state index in [0.29, 0.717) is 19.4 Å². The van der Waals surface area contributed by atoms with Crippen LogP contribution in [-0.2, 0) is 11.3 Å². The molecule has 0 saturated carbocycles. The Kier molecular flexibility index (Phi) is 3.42. The lowest BCUT2D eigenvalue weighted by molar-refractivity contribution is 0.0221. The molecule has 1 aromatic rings. The minimum absolute atomic E-state index is 0.164. The first-order valence-corrected chi connectivity index (χ1v) is 6.91. The van der Waals surface area contributed by atoms with Crippen molar-refractivity contribution >= 4 is 6.09 Å². The summed E-state index contributed by atoms with van der Waals surface area (Å²) < 4.78 is 5.39. The summed E-state index contributed by atoms with van der Waals surface area (Å²) in [5.41, 5.74) is 1.00. The number of ether oxygens (including phenoxy) is 1. The van der Waals surface area contributed by atoms with E-state index in [2.05, 4.69) is 0 Å². The third-order valence-electron chi connectivity index (χ3n) is 4.12. The largest absolute Gasteiger partial charge is 0.445 e. The van der Waals surface area contributed by atoms with Gasteiger partial charge >= 0.3 is 6.09 Å². The number of aliphatic hydroxyl groups excluding tert-OH is 1. The molecule has 2 bridgehead atoms. The number of amides is 1. The van der Waals surface area contributed by atoms with Crippen LogP contribution in [0.5, 0.6) is 0 Å². The molecule has 0 spiro atoms. The first kappa shape index (κ1) is 12.5. The Balaban J connectivity index is 1.59. The zero-order chi connectivity index (χ0) is 13.2. The highest BCUT2D eigenvalue weighted by Crippen LogP contribution is 2.36. The van der Waals surface area contributed by atoms with Gasteiger partial charge < -0.3 is 14.7 Å². The number of carbonyl (C=O) groups excluding carboxylic acids is 1. The quantitative estimate of drug-likeness (QED) is 0.888. The standard InChI is InChI=1S/C15H19NO3/c17-14-8-12-6-7-13(9-14)16(12)15(18)19-10-11-4-2-1-3-5-11/h1-5,12-14,17H,6-10H2/t12-,13-/m1/s1. The van der Waals surface area contributed by atoms with Gasteiger partial charge in [0.05, 0.1) is 6.10 Å². The monoisotopic (exact) mass is 261 g/mol. The summed E-state index contributed by atoms with van der Waals surface area (Å²) in [6, 6.07) is 10.0. The molecule has 2 heterocycles. The maximum absolute atomic E-state index is 12.2. The van der Waals surface area contributed by atoms with Crippen LogP contribution in [0.25, 0.3) is 0 Å². The van der Waals surface area contributed by atoms with Crippen LogP contribution in [0.2, 0.25) is 0 Å². The van der Waals surface area contributed by atoms with Crippen LogP contribution in [0, 0.1) is 0 Å². The fourth-order valence-electron chi connectivity index (χ4n) is 3.24. The molecular weight excluding hydrogens is 242 g/mol. The second kappa shape index (κ2) is 5.21. The molecular formula is C15H19NO3. The predicted octanol–water partition coefficient (Wildman–Crippen LogP) is 2.31. The molecule has 102 valence electrons. The van der Waals surface area contributed by atoms with E-state index in [1.807, 2.05) is 35.2 Å². The zero-order valence-corrected chi connectivity index (χ0v) is 10.9. The maximum atomic E-state index is 12.2. The molecule has 1 amide bonds. The van der Waals surface area contributed by atoms with E-state index in [0.717, 1.165) is 18.4 Å². The van der Waals surface area contributed by atoms with Crippen molar-refractivity contribution in [2.45, 2.75) is 50.5 Å². The first-order chi connectivity index (χ1) is 9.24. The smallest absolute Gasteiger partial charge is 0.410 e. The molecule has 1 aromatic carbocycles. The van der Waals surface area contributed by atoms with Crippen molar-refractivity contribution in [1.29, 1.82) is 0 Å². The summed E-state index contributed by atoms with van der Waals surface area (Å²) in [7, 11) is 0. The Morgan fingerprint density at radius 2 is 1.84 bits per heavy atom. The summed E-state index contributed by atoms with van der Waals surface area (Å²) in [4.78, 5) is 14.0. The van der Waals surface area contributed by atoms with Crippen molar-refractivity contribution in [3.63, 3.8) is 0 Å². The molecule has 2 aliphatic heterocycles. The molecule has 19 heavy (non-hydrogen) atoms. The molecule has 0 aromatic heterocycles. The van der Waals surface area contributed by atoms with Gasteiger partial charge in [-0.2, -0.15) is 0 Å². The third kappa shape index (κ3) is 2.59. The van der Waals surface area contributed by atoms with E-state index in [9.17, 15) is 9.90 Å². The van der Waals surface area contributed by atoms with Gasteiger partial charge in [-0.25, -0.2) is 4.79 Å². The van der Waals surface area contributed by atoms with Crippen molar-refractivity contribution in [3.8, 4) is 0 Å². The lowest BCUT2D eigenvalue weighted by Gasteiger charge is -2.36. The fourth-order valence-corrected chi connectivity index (χ4v) is 3.24. The van der Waals surface area contributed by atoms with E-state index in [4.69, 9.17) is 4.74 Å². The van der Waals surface area contributed by atoms with Crippen molar-refractivity contribution < 1.29 is 14.6 Å². The summed E-state index contributed by atoms with van der Waals surface area (Å²) in [5, 5.41) is 9.72. The Morgan fingerprint density at radius 1 is 1.21 bits per heavy atom. The lowest BCUT2D eigenvalue weighted by atomic mass is 10.0. The van der Waals surface area contributed by atoms with Crippen molar-refractivity contribution in [3.05, 3.63) is 35.9 Å². The van der Waals surface area contributed by atoms with Crippen LogP contribution in [-0.4, -0.2) is 34.3 Å². The van der Waals surface area contributed by atoms with Crippen molar-refractivity contribution in [1.82, 2.24) is 4.90 Å². The number of piperidine rings is 1. The average molecular weight is 261 g/mol. The van der Waals surface area contributed by atoms with Gasteiger partial charge in [0.25, 0.3) is 0 Å². The zero-order valence-electron chi connectivity index (χ0n) is 10.9. The Labute approximate surface area is 113 Å². The molecule has 0 unspecified atom stereocenters. The molecule has 0 radical (unpaired) electrons. The number of fused-ring (bicyclic) bond motifs is 2. The highest BCUT2D eigenvalue weighted by Gasteiger charge is 2.43. The van der Waals surface area contributed by atoms with E-state index in [1.54, 1.807) is 0 Å². The van der Waals surface area contributed by atoms with Crippen molar-refractivity contribution in [2.75, 3.05) is 0 Å². The van der Waals surface area contributed by atoms with Crippen LogP contribution in [0.4, 0.5) is 4.79 Å². The van der Waals surface area contributed by atoms with Gasteiger partial charge in [-0.1, -0.05) is 30.3 Å². The van der Waals surface area contributed by atoms with Gasteiger partial charge in [-0.3, -0.25) is 0 Å². The summed E-state index contributed by atoms with van der Waals surface area (Å²) in [6.07, 6.45) is 2.87. The fraction of sp³-hybridized carbons (Fsp3) is 0.533. The van der Waals surface area contributed by atoms with Crippen LogP contribution < -0.4 is 0 Å². The Morgan fingerprint density at radius 3 is 2.47 bits per heavy atom. The average Bonchev–Trinajstić information content (AvgIpc) is 2.70. The van der Waals surface area contributed by atoms with Crippen LogP contribution in [0.15, 0.2) is 30.3 Å². The van der Waals surface area contributed by atoms with E-state index in [1.165, 1.54) is 0 Å². The minimum atomic E-state index is -0.254. The van der Waals surface area contributed by atoms with Gasteiger partial charge in [0, 0.05) is 12.1 Å². The molecule has 2 saturated heterocycles. The van der Waals surface area contributed by atoms with Gasteiger partial charge in [0.2, 0.25) is 0 Å². The highest BCUT2D eigenvalue weighted by atomic mass is 16.6. The Bertz CT molecular complexity index is 434. The van der Waals surface area contributed by atoms with E-state index < -0.39 is 0 Å². The highest BCUT2D eigenvalue weighted by molar-refractivity contribution is 5.69. The third-order valence-corrected chi connectivity index (χ3v) is 4.12. The predicted molar refractivity (Wildman–Crippen MR) is 70.5 cm³/mol. The molecule has 0 aliphatic carbocycles. The van der Waals surface area contributed by atoms with Crippen LogP contribution >= 0.6 is 0 Å². The van der Waals surface area contributed by atoms with Gasteiger partial charge in [-0.15, -0.1) is 0 Å². The van der Waals surface area contributed by atoms with Crippen LogP contribution in [0.1, 0.15) is 31.2 Å². The van der Waals surface area contributed by atoms with E-state index in [-0.39, 0.29) is 24.3 Å². The molecule has 4 nitrogen and oxygen atoms in total. The number of aliphatic hydroxyl groups is 1. The number of benzene rings is 1. The van der Waals surface area contributed by atoms with Gasteiger partial charge in [0.15, 0.2) is 0 Å². The molecule has 1 N–H and O–H groups in total. The van der Waals surface area contributed by atoms with Crippen LogP contribution in [0.3, 0.4) is 0 Å². The molecule has 2 aliphatic rings. The SMILES string of the molecule is O=C(OCc1ccccc1)N1[C@@H]2CC[C@@H]1CC(O)C2. The molecule has 4 heteroatoms. The van der Waals surface area contributed by atoms with Gasteiger partial charge in [0.1, 0.15) is 6.61 Å². The maximum Gasteiger partial charge on any atom is 0.410 e. The molecule has 2 fully saturated rings.